The van der Waals surface area contributed by atoms with Crippen molar-refractivity contribution in [1.82, 2.24) is 9.88 Å². The SMILES string of the molecule is CC(C)(CC(=O)NCCn1cccc1)C(=O)O. The molecule has 94 valence electrons. The third-order valence-electron chi connectivity index (χ3n) is 2.54. The van der Waals surface area contributed by atoms with E-state index in [2.05, 4.69) is 5.32 Å². The second-order valence-corrected chi connectivity index (χ2v) is 4.64. The van der Waals surface area contributed by atoms with Gasteiger partial charge in [-0.2, -0.15) is 0 Å². The zero-order chi connectivity index (χ0) is 12.9. The molecule has 1 rings (SSSR count). The molecule has 0 unspecified atom stereocenters. The average Bonchev–Trinajstić information content (AvgIpc) is 2.69. The molecule has 0 aromatic carbocycles. The van der Waals surface area contributed by atoms with Crippen LogP contribution in [-0.4, -0.2) is 28.1 Å². The van der Waals surface area contributed by atoms with Gasteiger partial charge in [0.1, 0.15) is 0 Å². The summed E-state index contributed by atoms with van der Waals surface area (Å²) < 4.78 is 1.95. The number of aromatic nitrogens is 1. The van der Waals surface area contributed by atoms with Crippen molar-refractivity contribution in [2.75, 3.05) is 6.54 Å². The topological polar surface area (TPSA) is 71.3 Å². The molecule has 5 heteroatoms. The summed E-state index contributed by atoms with van der Waals surface area (Å²) in [5.74, 6) is -1.19. The van der Waals surface area contributed by atoms with Gasteiger partial charge in [-0.25, -0.2) is 0 Å². The second-order valence-electron chi connectivity index (χ2n) is 4.64. The molecule has 17 heavy (non-hydrogen) atoms. The van der Waals surface area contributed by atoms with Gasteiger partial charge in [0, 0.05) is 31.9 Å². The molecule has 1 aromatic heterocycles. The molecule has 0 aliphatic rings. The van der Waals surface area contributed by atoms with Crippen molar-refractivity contribution in [1.29, 1.82) is 0 Å². The van der Waals surface area contributed by atoms with Crippen LogP contribution >= 0.6 is 0 Å². The van der Waals surface area contributed by atoms with Crippen molar-refractivity contribution in [3.8, 4) is 0 Å². The van der Waals surface area contributed by atoms with Gasteiger partial charge in [-0.15, -0.1) is 0 Å². The molecular formula is C12H18N2O3. The Balaban J connectivity index is 2.28. The highest BCUT2D eigenvalue weighted by Crippen LogP contribution is 2.19. The Kier molecular flexibility index (Phi) is 4.31. The number of carboxylic acid groups (broad SMARTS) is 1. The first-order valence-electron chi connectivity index (χ1n) is 5.53. The predicted molar refractivity (Wildman–Crippen MR) is 63.5 cm³/mol. The minimum Gasteiger partial charge on any atom is -0.481 e. The molecule has 0 saturated heterocycles. The summed E-state index contributed by atoms with van der Waals surface area (Å²) in [5, 5.41) is 11.6. The van der Waals surface area contributed by atoms with E-state index in [0.717, 1.165) is 0 Å². The summed E-state index contributed by atoms with van der Waals surface area (Å²) >= 11 is 0. The van der Waals surface area contributed by atoms with Crippen LogP contribution in [0.5, 0.6) is 0 Å². The highest BCUT2D eigenvalue weighted by atomic mass is 16.4. The van der Waals surface area contributed by atoms with Crippen molar-refractivity contribution >= 4 is 11.9 Å². The number of nitrogens with zero attached hydrogens (tertiary/aromatic N) is 1. The molecule has 5 nitrogen and oxygen atoms in total. The van der Waals surface area contributed by atoms with Crippen LogP contribution in [0.1, 0.15) is 20.3 Å². The van der Waals surface area contributed by atoms with E-state index < -0.39 is 11.4 Å². The van der Waals surface area contributed by atoms with Gasteiger partial charge in [0.2, 0.25) is 5.91 Å². The van der Waals surface area contributed by atoms with E-state index in [0.29, 0.717) is 13.1 Å². The number of nitrogens with one attached hydrogen (secondary N) is 1. The van der Waals surface area contributed by atoms with Crippen LogP contribution in [0.2, 0.25) is 0 Å². The molecule has 0 aliphatic heterocycles. The summed E-state index contributed by atoms with van der Waals surface area (Å²) in [6.45, 7) is 4.27. The maximum atomic E-state index is 11.5. The summed E-state index contributed by atoms with van der Waals surface area (Å²) in [6.07, 6.45) is 3.81. The van der Waals surface area contributed by atoms with Crippen LogP contribution < -0.4 is 5.32 Å². The molecular weight excluding hydrogens is 220 g/mol. The number of carbonyl (C=O) groups is 2. The molecule has 1 heterocycles. The molecule has 2 N–H and O–H groups in total. The predicted octanol–water partition coefficient (Wildman–Crippen LogP) is 1.11. The van der Waals surface area contributed by atoms with E-state index in [4.69, 9.17) is 5.11 Å². The monoisotopic (exact) mass is 238 g/mol. The van der Waals surface area contributed by atoms with Gasteiger partial charge in [-0.05, 0) is 26.0 Å². The lowest BCUT2D eigenvalue weighted by atomic mass is 9.89. The van der Waals surface area contributed by atoms with Gasteiger partial charge in [-0.3, -0.25) is 9.59 Å². The first-order valence-corrected chi connectivity index (χ1v) is 5.53. The van der Waals surface area contributed by atoms with Gasteiger partial charge < -0.3 is 15.0 Å². The minimum absolute atomic E-state index is 0.00594. The fraction of sp³-hybridized carbons (Fsp3) is 0.500. The Morgan fingerprint density at radius 2 is 1.88 bits per heavy atom. The van der Waals surface area contributed by atoms with Gasteiger partial charge in [-0.1, -0.05) is 0 Å². The Bertz CT molecular complexity index is 382. The lowest BCUT2D eigenvalue weighted by Crippen LogP contribution is -2.34. The Morgan fingerprint density at radius 3 is 2.41 bits per heavy atom. The summed E-state index contributed by atoms with van der Waals surface area (Å²) in [7, 11) is 0. The summed E-state index contributed by atoms with van der Waals surface area (Å²) in [6, 6.07) is 3.82. The quantitative estimate of drug-likeness (QED) is 0.779. The largest absolute Gasteiger partial charge is 0.481 e. The fourth-order valence-corrected chi connectivity index (χ4v) is 1.38. The van der Waals surface area contributed by atoms with Gasteiger partial charge >= 0.3 is 5.97 Å². The molecule has 0 aliphatic carbocycles. The molecule has 1 amide bonds. The standard InChI is InChI=1S/C12H18N2O3/c1-12(2,11(16)17)9-10(15)13-5-8-14-6-3-4-7-14/h3-4,6-7H,5,8-9H2,1-2H3,(H,13,15)(H,16,17). The van der Waals surface area contributed by atoms with E-state index >= 15 is 0 Å². The Morgan fingerprint density at radius 1 is 1.29 bits per heavy atom. The number of rotatable bonds is 6. The van der Waals surface area contributed by atoms with E-state index in [-0.39, 0.29) is 12.3 Å². The maximum Gasteiger partial charge on any atom is 0.309 e. The zero-order valence-corrected chi connectivity index (χ0v) is 10.1. The van der Waals surface area contributed by atoms with Gasteiger partial charge in [0.15, 0.2) is 0 Å². The molecule has 0 radical (unpaired) electrons. The van der Waals surface area contributed by atoms with Crippen LogP contribution in [0.15, 0.2) is 24.5 Å². The van der Waals surface area contributed by atoms with E-state index in [1.165, 1.54) is 0 Å². The van der Waals surface area contributed by atoms with Crippen LogP contribution in [0.25, 0.3) is 0 Å². The van der Waals surface area contributed by atoms with Crippen LogP contribution in [0.4, 0.5) is 0 Å². The number of aliphatic carboxylic acids is 1. The Labute approximate surface area is 100 Å². The lowest BCUT2D eigenvalue weighted by Gasteiger charge is -2.18. The number of carbonyl (C=O) groups excluding carboxylic acids is 1. The maximum absolute atomic E-state index is 11.5. The van der Waals surface area contributed by atoms with Crippen LogP contribution in [0.3, 0.4) is 0 Å². The second kappa shape index (κ2) is 5.52. The fourth-order valence-electron chi connectivity index (χ4n) is 1.38. The van der Waals surface area contributed by atoms with E-state index in [1.807, 2.05) is 29.1 Å². The third-order valence-corrected chi connectivity index (χ3v) is 2.54. The number of hydrogen-bond acceptors (Lipinski definition) is 2. The Hall–Kier alpha value is -1.78. The van der Waals surface area contributed by atoms with Crippen molar-refractivity contribution in [3.05, 3.63) is 24.5 Å². The van der Waals surface area contributed by atoms with E-state index in [1.54, 1.807) is 13.8 Å². The number of carboxylic acids is 1. The highest BCUT2D eigenvalue weighted by Gasteiger charge is 2.29. The molecule has 0 fully saturated rings. The smallest absolute Gasteiger partial charge is 0.309 e. The minimum atomic E-state index is -1.02. The van der Waals surface area contributed by atoms with Crippen molar-refractivity contribution in [3.63, 3.8) is 0 Å². The molecule has 0 atom stereocenters. The van der Waals surface area contributed by atoms with Crippen molar-refractivity contribution < 1.29 is 14.7 Å². The lowest BCUT2D eigenvalue weighted by molar-refractivity contribution is -0.149. The first kappa shape index (κ1) is 13.3. The molecule has 0 saturated carbocycles. The third kappa shape index (κ3) is 4.30. The first-order chi connectivity index (χ1) is 7.92. The van der Waals surface area contributed by atoms with Crippen molar-refractivity contribution in [2.24, 2.45) is 5.41 Å². The summed E-state index contributed by atoms with van der Waals surface area (Å²) in [4.78, 5) is 22.3. The normalized spacial score (nSPS) is 11.2. The van der Waals surface area contributed by atoms with Gasteiger partial charge in [0.05, 0.1) is 5.41 Å². The number of amides is 1. The van der Waals surface area contributed by atoms with Crippen molar-refractivity contribution in [2.45, 2.75) is 26.8 Å². The highest BCUT2D eigenvalue weighted by molar-refractivity contribution is 5.84. The molecule has 1 aromatic rings. The molecule has 0 bridgehead atoms. The average molecular weight is 238 g/mol. The van der Waals surface area contributed by atoms with E-state index in [9.17, 15) is 9.59 Å². The summed E-state index contributed by atoms with van der Waals surface area (Å²) in [5.41, 5.74) is -1.02. The van der Waals surface area contributed by atoms with Crippen LogP contribution in [0, 0.1) is 5.41 Å². The van der Waals surface area contributed by atoms with Crippen LogP contribution in [-0.2, 0) is 16.1 Å². The zero-order valence-electron chi connectivity index (χ0n) is 10.1. The number of hydrogen-bond donors (Lipinski definition) is 2. The van der Waals surface area contributed by atoms with Gasteiger partial charge in [0.25, 0.3) is 0 Å². The molecule has 0 spiro atoms.